The molecule has 2 nitrogen and oxygen atoms in total. The first-order valence-electron chi connectivity index (χ1n) is 4.57. The van der Waals surface area contributed by atoms with Gasteiger partial charge in [-0.25, -0.2) is 0 Å². The minimum Gasteiger partial charge on any atom is -0.290 e. The third-order valence-corrected chi connectivity index (χ3v) is 1.56. The maximum Gasteiger partial charge on any atom is 0.0506 e. The summed E-state index contributed by atoms with van der Waals surface area (Å²) in [4.78, 5) is 4.48. The van der Waals surface area contributed by atoms with Crippen molar-refractivity contribution in [2.24, 2.45) is 0 Å². The van der Waals surface area contributed by atoms with E-state index < -0.39 is 0 Å². The molecule has 0 rings (SSSR count). The molecule has 13 heavy (non-hydrogen) atoms. The Kier molecular flexibility index (Phi) is 5.67. The normalized spacial score (nSPS) is 10.9. The number of likely N-dealkylation sites (N-methyl/N-ethyl adjacent to an activating group) is 2. The molecule has 2 heteroatoms. The fourth-order valence-corrected chi connectivity index (χ4v) is 1.43. The van der Waals surface area contributed by atoms with Crippen LogP contribution >= 0.6 is 0 Å². The average molecular weight is 182 g/mol. The molecule has 0 aromatic heterocycles. The zero-order chi connectivity index (χ0) is 10.4. The molecule has 0 aromatic carbocycles. The van der Waals surface area contributed by atoms with E-state index in [0.29, 0.717) is 0 Å². The lowest BCUT2D eigenvalue weighted by Crippen LogP contribution is -2.34. The second-order valence-electron chi connectivity index (χ2n) is 4.08. The van der Waals surface area contributed by atoms with Crippen LogP contribution in [0.2, 0.25) is 0 Å². The molecule has 0 bridgehead atoms. The van der Waals surface area contributed by atoms with Crippen LogP contribution in [0, 0.1) is 0 Å². The molecule has 0 saturated heterocycles. The molecule has 0 aromatic rings. The summed E-state index contributed by atoms with van der Waals surface area (Å²) in [5.41, 5.74) is 2.40. The van der Waals surface area contributed by atoms with Crippen LogP contribution in [-0.2, 0) is 0 Å². The first-order valence-corrected chi connectivity index (χ1v) is 4.57. The van der Waals surface area contributed by atoms with Crippen molar-refractivity contribution in [2.75, 3.05) is 33.9 Å². The molecule has 0 saturated carbocycles. The molecular weight excluding hydrogens is 160 g/mol. The van der Waals surface area contributed by atoms with Crippen molar-refractivity contribution in [2.45, 2.75) is 13.8 Å². The van der Waals surface area contributed by atoms with Crippen molar-refractivity contribution in [1.82, 2.24) is 9.80 Å². The van der Waals surface area contributed by atoms with Crippen LogP contribution in [0.5, 0.6) is 0 Å². The van der Waals surface area contributed by atoms with Crippen LogP contribution < -0.4 is 0 Å². The van der Waals surface area contributed by atoms with Crippen molar-refractivity contribution < 1.29 is 0 Å². The Bertz CT molecular complexity index is 165. The van der Waals surface area contributed by atoms with Gasteiger partial charge in [-0.15, -0.1) is 0 Å². The lowest BCUT2D eigenvalue weighted by atomic mass is 10.3. The van der Waals surface area contributed by atoms with Gasteiger partial charge in [-0.05, 0) is 27.9 Å². The monoisotopic (exact) mass is 182 g/mol. The van der Waals surface area contributed by atoms with Gasteiger partial charge >= 0.3 is 0 Å². The molecule has 0 atom stereocenters. The zero-order valence-electron chi connectivity index (χ0n) is 9.43. The van der Waals surface area contributed by atoms with E-state index in [9.17, 15) is 0 Å². The number of rotatable bonds is 6. The molecule has 0 spiro atoms. The van der Waals surface area contributed by atoms with Gasteiger partial charge in [0, 0.05) is 13.1 Å². The third-order valence-electron chi connectivity index (χ3n) is 1.56. The van der Waals surface area contributed by atoms with E-state index in [1.807, 2.05) is 0 Å². The molecule has 0 aliphatic heterocycles. The smallest absolute Gasteiger partial charge is 0.0506 e. The molecule has 76 valence electrons. The summed E-state index contributed by atoms with van der Waals surface area (Å²) in [6.45, 7) is 14.7. The topological polar surface area (TPSA) is 6.48 Å². The van der Waals surface area contributed by atoms with E-state index >= 15 is 0 Å². The average Bonchev–Trinajstić information content (AvgIpc) is 1.80. The highest BCUT2D eigenvalue weighted by molar-refractivity contribution is 4.93. The fraction of sp³-hybridized carbons (Fsp3) is 0.636. The standard InChI is InChI=1S/C11H22N2/c1-10(2)7-12(5)9-13(6)8-11(3)4/h1,3,7-9H2,2,4-6H3. The van der Waals surface area contributed by atoms with E-state index in [-0.39, 0.29) is 0 Å². The molecule has 0 N–H and O–H groups in total. The van der Waals surface area contributed by atoms with E-state index in [2.05, 4.69) is 50.9 Å². The van der Waals surface area contributed by atoms with Gasteiger partial charge in [-0.1, -0.05) is 24.3 Å². The Labute approximate surface area is 82.5 Å². The van der Waals surface area contributed by atoms with Crippen LogP contribution in [0.4, 0.5) is 0 Å². The lowest BCUT2D eigenvalue weighted by Gasteiger charge is -2.24. The highest BCUT2D eigenvalue weighted by Gasteiger charge is 2.02. The quantitative estimate of drug-likeness (QED) is 0.457. The number of nitrogens with zero attached hydrogens (tertiary/aromatic N) is 2. The number of hydrogen-bond acceptors (Lipinski definition) is 2. The summed E-state index contributed by atoms with van der Waals surface area (Å²) in [5, 5.41) is 0. The molecule has 0 unspecified atom stereocenters. The van der Waals surface area contributed by atoms with Crippen molar-refractivity contribution >= 4 is 0 Å². The fourth-order valence-electron chi connectivity index (χ4n) is 1.43. The molecule has 0 aliphatic rings. The SMILES string of the molecule is C=C(C)CN(C)CN(C)CC(=C)C. The second kappa shape index (κ2) is 5.95. The maximum atomic E-state index is 3.89. The Balaban J connectivity index is 3.70. The highest BCUT2D eigenvalue weighted by Crippen LogP contribution is 1.96. The van der Waals surface area contributed by atoms with Crippen molar-refractivity contribution in [1.29, 1.82) is 0 Å². The Morgan fingerprint density at radius 1 is 0.923 bits per heavy atom. The second-order valence-corrected chi connectivity index (χ2v) is 4.08. The number of hydrogen-bond donors (Lipinski definition) is 0. The maximum absolute atomic E-state index is 3.89. The summed E-state index contributed by atoms with van der Waals surface area (Å²) >= 11 is 0. The molecular formula is C11H22N2. The van der Waals surface area contributed by atoms with E-state index in [0.717, 1.165) is 19.8 Å². The van der Waals surface area contributed by atoms with Gasteiger partial charge in [0.15, 0.2) is 0 Å². The largest absolute Gasteiger partial charge is 0.290 e. The third kappa shape index (κ3) is 7.75. The predicted molar refractivity (Wildman–Crippen MR) is 59.8 cm³/mol. The van der Waals surface area contributed by atoms with E-state index in [1.54, 1.807) is 0 Å². The van der Waals surface area contributed by atoms with Gasteiger partial charge in [-0.2, -0.15) is 0 Å². The summed E-state index contributed by atoms with van der Waals surface area (Å²) in [6.07, 6.45) is 0. The lowest BCUT2D eigenvalue weighted by molar-refractivity contribution is 0.205. The molecule has 0 aliphatic carbocycles. The van der Waals surface area contributed by atoms with Crippen LogP contribution in [0.25, 0.3) is 0 Å². The van der Waals surface area contributed by atoms with Crippen LogP contribution in [0.15, 0.2) is 24.3 Å². The predicted octanol–water partition coefficient (Wildman–Crippen LogP) is 1.96. The van der Waals surface area contributed by atoms with Crippen molar-refractivity contribution in [3.05, 3.63) is 24.3 Å². The minimum atomic E-state index is 0.958. The molecule has 0 fully saturated rings. The van der Waals surface area contributed by atoms with Crippen molar-refractivity contribution in [3.8, 4) is 0 Å². The van der Waals surface area contributed by atoms with Gasteiger partial charge in [0.1, 0.15) is 0 Å². The Hall–Kier alpha value is -0.600. The van der Waals surface area contributed by atoms with Gasteiger partial charge < -0.3 is 0 Å². The van der Waals surface area contributed by atoms with Gasteiger partial charge in [0.2, 0.25) is 0 Å². The molecule has 0 amide bonds. The first-order chi connectivity index (χ1) is 5.91. The van der Waals surface area contributed by atoms with Crippen LogP contribution in [0.3, 0.4) is 0 Å². The molecule has 0 radical (unpaired) electrons. The van der Waals surface area contributed by atoms with Gasteiger partial charge in [0.05, 0.1) is 6.67 Å². The molecule has 0 heterocycles. The minimum absolute atomic E-state index is 0.958. The first kappa shape index (κ1) is 12.4. The van der Waals surface area contributed by atoms with Crippen molar-refractivity contribution in [3.63, 3.8) is 0 Å². The highest BCUT2D eigenvalue weighted by atomic mass is 15.3. The van der Waals surface area contributed by atoms with Crippen LogP contribution in [0.1, 0.15) is 13.8 Å². The van der Waals surface area contributed by atoms with Gasteiger partial charge in [0.25, 0.3) is 0 Å². The van der Waals surface area contributed by atoms with E-state index in [4.69, 9.17) is 0 Å². The Morgan fingerprint density at radius 2 is 1.23 bits per heavy atom. The van der Waals surface area contributed by atoms with Gasteiger partial charge in [-0.3, -0.25) is 9.80 Å². The summed E-state index contributed by atoms with van der Waals surface area (Å²) in [6, 6.07) is 0. The zero-order valence-corrected chi connectivity index (χ0v) is 9.43. The van der Waals surface area contributed by atoms with E-state index in [1.165, 1.54) is 11.1 Å². The summed E-state index contributed by atoms with van der Waals surface area (Å²) in [7, 11) is 4.20. The summed E-state index contributed by atoms with van der Waals surface area (Å²) < 4.78 is 0. The summed E-state index contributed by atoms with van der Waals surface area (Å²) in [5.74, 6) is 0. The Morgan fingerprint density at radius 3 is 1.46 bits per heavy atom. The van der Waals surface area contributed by atoms with Crippen LogP contribution in [-0.4, -0.2) is 43.7 Å².